The summed E-state index contributed by atoms with van der Waals surface area (Å²) < 4.78 is 4.98. The molecule has 0 amide bonds. The molecule has 1 aromatic rings. The third-order valence-electron chi connectivity index (χ3n) is 3.35. The van der Waals surface area contributed by atoms with Gasteiger partial charge in [-0.15, -0.1) is 0 Å². The number of aryl methyl sites for hydroxylation is 1. The number of carbonyl (C=O) groups excluding carboxylic acids is 1. The van der Waals surface area contributed by atoms with Crippen molar-refractivity contribution in [1.82, 2.24) is 0 Å². The van der Waals surface area contributed by atoms with Crippen molar-refractivity contribution in [1.29, 1.82) is 0 Å². The number of para-hydroxylation sites is 1. The van der Waals surface area contributed by atoms with E-state index >= 15 is 0 Å². The van der Waals surface area contributed by atoms with Crippen LogP contribution >= 0.6 is 11.8 Å². The van der Waals surface area contributed by atoms with Crippen LogP contribution in [0, 0.1) is 6.92 Å². The van der Waals surface area contributed by atoms with Crippen molar-refractivity contribution in [3.05, 3.63) is 29.8 Å². The van der Waals surface area contributed by atoms with E-state index in [1.807, 2.05) is 43.0 Å². The Morgan fingerprint density at radius 1 is 1.50 bits per heavy atom. The van der Waals surface area contributed by atoms with Crippen molar-refractivity contribution < 1.29 is 9.53 Å². The van der Waals surface area contributed by atoms with E-state index in [1.165, 1.54) is 7.11 Å². The lowest BCUT2D eigenvalue weighted by molar-refractivity contribution is -0.145. The number of esters is 1. The lowest BCUT2D eigenvalue weighted by atomic mass is 9.95. The summed E-state index contributed by atoms with van der Waals surface area (Å²) in [5, 5.41) is 3.88. The second-order valence-electron chi connectivity index (χ2n) is 4.84. The summed E-state index contributed by atoms with van der Waals surface area (Å²) in [4.78, 5) is 12.1. The van der Waals surface area contributed by atoms with E-state index in [0.717, 1.165) is 23.4 Å². The molecule has 1 fully saturated rings. The van der Waals surface area contributed by atoms with E-state index in [1.54, 1.807) is 0 Å². The van der Waals surface area contributed by atoms with Gasteiger partial charge >= 0.3 is 5.97 Å². The molecule has 1 aromatic carbocycles. The number of benzene rings is 1. The molecule has 0 bridgehead atoms. The smallest absolute Gasteiger partial charge is 0.332 e. The molecule has 0 aliphatic carbocycles. The Kier molecular flexibility index (Phi) is 3.85. The molecule has 18 heavy (non-hydrogen) atoms. The zero-order valence-corrected chi connectivity index (χ0v) is 11.8. The van der Waals surface area contributed by atoms with Gasteiger partial charge < -0.3 is 10.1 Å². The zero-order valence-electron chi connectivity index (χ0n) is 11.0. The Hall–Kier alpha value is -1.16. The first-order chi connectivity index (χ1) is 8.57. The average Bonchev–Trinajstić information content (AvgIpc) is 2.74. The minimum absolute atomic E-state index is 0.164. The van der Waals surface area contributed by atoms with Gasteiger partial charge in [-0.3, -0.25) is 0 Å². The van der Waals surface area contributed by atoms with Gasteiger partial charge in [-0.2, -0.15) is 11.8 Å². The highest BCUT2D eigenvalue weighted by Crippen LogP contribution is 2.38. The number of anilines is 1. The third kappa shape index (κ3) is 2.48. The largest absolute Gasteiger partial charge is 0.467 e. The molecule has 0 saturated carbocycles. The molecule has 3 nitrogen and oxygen atoms in total. The number of nitrogens with one attached hydrogen (secondary N) is 1. The van der Waals surface area contributed by atoms with E-state index < -0.39 is 5.54 Å². The number of hydrogen-bond acceptors (Lipinski definition) is 4. The quantitative estimate of drug-likeness (QED) is 0.853. The molecule has 1 N–H and O–H groups in total. The summed E-state index contributed by atoms with van der Waals surface area (Å²) in [5.41, 5.74) is 1.58. The molecule has 1 saturated heterocycles. The van der Waals surface area contributed by atoms with Crippen molar-refractivity contribution >= 4 is 23.4 Å². The van der Waals surface area contributed by atoms with E-state index in [2.05, 4.69) is 12.2 Å². The lowest BCUT2D eigenvalue weighted by Crippen LogP contribution is -2.47. The topological polar surface area (TPSA) is 38.3 Å². The first-order valence-corrected chi connectivity index (χ1v) is 7.16. The first kappa shape index (κ1) is 13.3. The number of rotatable bonds is 3. The van der Waals surface area contributed by atoms with Crippen LogP contribution in [-0.2, 0) is 9.53 Å². The number of methoxy groups -OCH3 is 1. The maximum absolute atomic E-state index is 12.1. The van der Waals surface area contributed by atoms with Crippen LogP contribution in [-0.4, -0.2) is 29.6 Å². The van der Waals surface area contributed by atoms with E-state index in [-0.39, 0.29) is 5.97 Å². The van der Waals surface area contributed by atoms with Gasteiger partial charge in [0.05, 0.1) is 7.11 Å². The van der Waals surface area contributed by atoms with Crippen molar-refractivity contribution in [2.45, 2.75) is 31.1 Å². The molecule has 2 atom stereocenters. The van der Waals surface area contributed by atoms with E-state index in [0.29, 0.717) is 5.25 Å². The van der Waals surface area contributed by atoms with Crippen molar-refractivity contribution in [3.63, 3.8) is 0 Å². The van der Waals surface area contributed by atoms with Gasteiger partial charge in [-0.25, -0.2) is 4.79 Å². The van der Waals surface area contributed by atoms with Gasteiger partial charge in [-0.1, -0.05) is 25.1 Å². The molecule has 0 aromatic heterocycles. The minimum atomic E-state index is -0.578. The molecule has 1 heterocycles. The highest BCUT2D eigenvalue weighted by Gasteiger charge is 2.45. The molecular weight excluding hydrogens is 246 g/mol. The lowest BCUT2D eigenvalue weighted by Gasteiger charge is -2.28. The molecule has 4 heteroatoms. The second kappa shape index (κ2) is 5.22. The number of ether oxygens (including phenoxy) is 1. The van der Waals surface area contributed by atoms with Crippen LogP contribution in [0.25, 0.3) is 0 Å². The molecule has 1 aliphatic rings. The van der Waals surface area contributed by atoms with Gasteiger partial charge in [0.25, 0.3) is 0 Å². The summed E-state index contributed by atoms with van der Waals surface area (Å²) in [6.07, 6.45) is 0.804. The van der Waals surface area contributed by atoms with Gasteiger partial charge in [0.1, 0.15) is 5.54 Å². The fourth-order valence-corrected chi connectivity index (χ4v) is 3.62. The van der Waals surface area contributed by atoms with Gasteiger partial charge in [-0.05, 0) is 25.0 Å². The minimum Gasteiger partial charge on any atom is -0.467 e. The summed E-state index contributed by atoms with van der Waals surface area (Å²) in [6, 6.07) is 8.02. The van der Waals surface area contributed by atoms with Crippen LogP contribution in [0.1, 0.15) is 18.9 Å². The normalized spacial score (nSPS) is 26.9. The standard InChI is InChI=1S/C14H19NO2S/c1-10-6-4-5-7-12(10)15-14(13(16)17-3)8-11(2)18-9-14/h4-7,11,15H,8-9H2,1-3H3. The third-order valence-corrected chi connectivity index (χ3v) is 4.74. The molecule has 1 aliphatic heterocycles. The summed E-state index contributed by atoms with van der Waals surface area (Å²) in [5.74, 6) is 0.595. The average molecular weight is 265 g/mol. The molecule has 0 spiro atoms. The van der Waals surface area contributed by atoms with Crippen LogP contribution < -0.4 is 5.32 Å². The number of carbonyl (C=O) groups is 1. The van der Waals surface area contributed by atoms with Crippen molar-refractivity contribution in [2.75, 3.05) is 18.2 Å². The maximum Gasteiger partial charge on any atom is 0.332 e. The summed E-state index contributed by atoms with van der Waals surface area (Å²) >= 11 is 1.81. The molecule has 0 radical (unpaired) electrons. The van der Waals surface area contributed by atoms with Gasteiger partial charge in [0, 0.05) is 16.7 Å². The molecule has 98 valence electrons. The maximum atomic E-state index is 12.1. The predicted octanol–water partition coefficient (Wildman–Crippen LogP) is 2.84. The van der Waals surface area contributed by atoms with Crippen molar-refractivity contribution in [3.8, 4) is 0 Å². The SMILES string of the molecule is COC(=O)C1(Nc2ccccc2C)CSC(C)C1. The predicted molar refractivity (Wildman–Crippen MR) is 76.1 cm³/mol. The highest BCUT2D eigenvalue weighted by atomic mass is 32.2. The Bertz CT molecular complexity index is 449. The van der Waals surface area contributed by atoms with E-state index in [9.17, 15) is 4.79 Å². The van der Waals surface area contributed by atoms with Crippen molar-refractivity contribution in [2.24, 2.45) is 0 Å². The van der Waals surface area contributed by atoms with Crippen LogP contribution in [0.4, 0.5) is 5.69 Å². The monoisotopic (exact) mass is 265 g/mol. The Morgan fingerprint density at radius 2 is 2.22 bits per heavy atom. The highest BCUT2D eigenvalue weighted by molar-refractivity contribution is 8.00. The Balaban J connectivity index is 2.27. The first-order valence-electron chi connectivity index (χ1n) is 6.11. The summed E-state index contributed by atoms with van der Waals surface area (Å²) in [6.45, 7) is 4.19. The Morgan fingerprint density at radius 3 is 2.78 bits per heavy atom. The fraction of sp³-hybridized carbons (Fsp3) is 0.500. The Labute approximate surface area is 112 Å². The van der Waals surface area contributed by atoms with Gasteiger partial charge in [0.15, 0.2) is 0 Å². The zero-order chi connectivity index (χ0) is 13.2. The van der Waals surface area contributed by atoms with Crippen LogP contribution in [0.3, 0.4) is 0 Å². The molecule has 2 unspecified atom stereocenters. The van der Waals surface area contributed by atoms with Crippen LogP contribution in [0.2, 0.25) is 0 Å². The van der Waals surface area contributed by atoms with Crippen LogP contribution in [0.15, 0.2) is 24.3 Å². The number of hydrogen-bond donors (Lipinski definition) is 1. The van der Waals surface area contributed by atoms with E-state index in [4.69, 9.17) is 4.74 Å². The summed E-state index contributed by atoms with van der Waals surface area (Å²) in [7, 11) is 1.46. The number of thioether (sulfide) groups is 1. The second-order valence-corrected chi connectivity index (χ2v) is 6.27. The van der Waals surface area contributed by atoms with Crippen LogP contribution in [0.5, 0.6) is 0 Å². The molecule has 2 rings (SSSR count). The molecular formula is C14H19NO2S. The van der Waals surface area contributed by atoms with Gasteiger partial charge in [0.2, 0.25) is 0 Å². The fourth-order valence-electron chi connectivity index (χ4n) is 2.34.